The predicted molar refractivity (Wildman–Crippen MR) is 67.6 cm³/mol. The molecule has 0 aliphatic rings. The second kappa shape index (κ2) is 5.31. The second-order valence-electron chi connectivity index (χ2n) is 5.09. The van der Waals surface area contributed by atoms with Crippen LogP contribution in [0.3, 0.4) is 0 Å². The molecular weight excluding hydrogens is 216 g/mol. The van der Waals surface area contributed by atoms with Gasteiger partial charge in [0.1, 0.15) is 0 Å². The van der Waals surface area contributed by atoms with Gasteiger partial charge in [0.15, 0.2) is 0 Å². The van der Waals surface area contributed by atoms with Gasteiger partial charge in [-0.15, -0.1) is 0 Å². The molecule has 0 radical (unpaired) electrons. The number of hydrogen-bond acceptors (Lipinski definition) is 3. The van der Waals surface area contributed by atoms with E-state index < -0.39 is 0 Å². The third-order valence-corrected chi connectivity index (χ3v) is 2.79. The van der Waals surface area contributed by atoms with Gasteiger partial charge in [0.25, 0.3) is 5.91 Å². The average Bonchev–Trinajstić information content (AvgIpc) is 2.72. The first kappa shape index (κ1) is 13.7. The minimum atomic E-state index is -0.0616. The van der Waals surface area contributed by atoms with Gasteiger partial charge in [-0.25, -0.2) is 0 Å². The number of nitrogens with zero attached hydrogens (tertiary/aromatic N) is 3. The maximum Gasteiger partial charge on any atom is 0.257 e. The Balaban J connectivity index is 2.78. The van der Waals surface area contributed by atoms with Crippen LogP contribution in [-0.2, 0) is 7.05 Å². The zero-order valence-electron chi connectivity index (χ0n) is 11.1. The molecule has 1 aromatic rings. The highest BCUT2D eigenvalue weighted by molar-refractivity contribution is 5.93. The van der Waals surface area contributed by atoms with Gasteiger partial charge in [-0.2, -0.15) is 5.10 Å². The largest absolute Gasteiger partial charge is 0.338 e. The molecule has 1 amide bonds. The molecule has 0 unspecified atom stereocenters. The highest BCUT2D eigenvalue weighted by Crippen LogP contribution is 2.16. The number of rotatable bonds is 5. The number of nitrogens with two attached hydrogens (primary N) is 1. The van der Waals surface area contributed by atoms with E-state index in [0.29, 0.717) is 25.2 Å². The zero-order valence-corrected chi connectivity index (χ0v) is 11.1. The molecule has 17 heavy (non-hydrogen) atoms. The molecule has 0 atom stereocenters. The van der Waals surface area contributed by atoms with Gasteiger partial charge >= 0.3 is 0 Å². The smallest absolute Gasteiger partial charge is 0.257 e. The quantitative estimate of drug-likeness (QED) is 0.827. The van der Waals surface area contributed by atoms with Crippen molar-refractivity contribution in [2.45, 2.75) is 20.8 Å². The molecule has 0 saturated heterocycles. The number of hydrogen-bond donors (Lipinski definition) is 1. The molecule has 5 heteroatoms. The van der Waals surface area contributed by atoms with Crippen LogP contribution in [0, 0.1) is 5.41 Å². The van der Waals surface area contributed by atoms with E-state index in [9.17, 15) is 4.79 Å². The van der Waals surface area contributed by atoms with Gasteiger partial charge in [-0.05, 0) is 18.9 Å². The molecule has 0 aliphatic heterocycles. The van der Waals surface area contributed by atoms with Crippen molar-refractivity contribution in [3.05, 3.63) is 18.0 Å². The lowest BCUT2D eigenvalue weighted by molar-refractivity contribution is 0.0701. The molecule has 5 nitrogen and oxygen atoms in total. The topological polar surface area (TPSA) is 64.2 Å². The maximum absolute atomic E-state index is 12.2. The Morgan fingerprint density at radius 3 is 2.65 bits per heavy atom. The first-order valence-corrected chi connectivity index (χ1v) is 5.87. The van der Waals surface area contributed by atoms with Crippen LogP contribution >= 0.6 is 0 Å². The summed E-state index contributed by atoms with van der Waals surface area (Å²) in [6.07, 6.45) is 3.33. The van der Waals surface area contributed by atoms with Crippen molar-refractivity contribution in [1.82, 2.24) is 14.7 Å². The first-order chi connectivity index (χ1) is 7.89. The molecule has 0 fully saturated rings. The number of carbonyl (C=O) groups is 1. The summed E-state index contributed by atoms with van der Waals surface area (Å²) < 4.78 is 1.63. The molecule has 96 valence electrons. The molecule has 0 saturated carbocycles. The van der Waals surface area contributed by atoms with Crippen LogP contribution < -0.4 is 5.73 Å². The molecule has 0 aliphatic carbocycles. The molecule has 1 rings (SSSR count). The number of aryl methyl sites for hydroxylation is 1. The van der Waals surface area contributed by atoms with Gasteiger partial charge in [-0.3, -0.25) is 9.48 Å². The maximum atomic E-state index is 12.2. The predicted octanol–water partition coefficient (Wildman–Crippen LogP) is 0.867. The number of amides is 1. The van der Waals surface area contributed by atoms with Gasteiger partial charge in [0, 0.05) is 26.3 Å². The molecule has 0 bridgehead atoms. The molecule has 0 aromatic carbocycles. The van der Waals surface area contributed by atoms with Gasteiger partial charge < -0.3 is 10.6 Å². The van der Waals surface area contributed by atoms with Crippen LogP contribution in [0.1, 0.15) is 31.1 Å². The van der Waals surface area contributed by atoms with Crippen molar-refractivity contribution < 1.29 is 4.79 Å². The van der Waals surface area contributed by atoms with E-state index in [1.54, 1.807) is 24.1 Å². The fraction of sp³-hybridized carbons (Fsp3) is 0.667. The average molecular weight is 238 g/mol. The minimum absolute atomic E-state index is 0.0159. The van der Waals surface area contributed by atoms with E-state index in [4.69, 9.17) is 5.73 Å². The summed E-state index contributed by atoms with van der Waals surface area (Å²) in [5.41, 5.74) is 6.26. The number of aromatic nitrogens is 2. The van der Waals surface area contributed by atoms with Crippen LogP contribution in [-0.4, -0.2) is 40.2 Å². The van der Waals surface area contributed by atoms with Crippen molar-refractivity contribution >= 4 is 5.91 Å². The summed E-state index contributed by atoms with van der Waals surface area (Å²) in [5, 5.41) is 4.02. The van der Waals surface area contributed by atoms with Crippen molar-refractivity contribution in [3.63, 3.8) is 0 Å². The Kier molecular flexibility index (Phi) is 4.28. The lowest BCUT2D eigenvalue weighted by Gasteiger charge is -2.30. The van der Waals surface area contributed by atoms with E-state index in [-0.39, 0.29) is 11.3 Å². The summed E-state index contributed by atoms with van der Waals surface area (Å²) in [6.45, 7) is 7.99. The third kappa shape index (κ3) is 3.56. The summed E-state index contributed by atoms with van der Waals surface area (Å²) in [6, 6.07) is 0. The van der Waals surface area contributed by atoms with Crippen LogP contribution in [0.2, 0.25) is 0 Å². The first-order valence-electron chi connectivity index (χ1n) is 5.87. The normalized spacial score (nSPS) is 11.6. The summed E-state index contributed by atoms with van der Waals surface area (Å²) in [7, 11) is 1.80. The molecule has 0 spiro atoms. The SMILES string of the molecule is CCN(CC(C)(C)CN)C(=O)c1cnn(C)c1. The monoisotopic (exact) mass is 238 g/mol. The van der Waals surface area contributed by atoms with E-state index in [0.717, 1.165) is 0 Å². The van der Waals surface area contributed by atoms with Gasteiger partial charge in [0.2, 0.25) is 0 Å². The fourth-order valence-corrected chi connectivity index (χ4v) is 1.62. The Morgan fingerprint density at radius 1 is 1.59 bits per heavy atom. The Hall–Kier alpha value is -1.36. The van der Waals surface area contributed by atoms with Gasteiger partial charge in [-0.1, -0.05) is 13.8 Å². The number of carbonyl (C=O) groups excluding carboxylic acids is 1. The van der Waals surface area contributed by atoms with Gasteiger partial charge in [0.05, 0.1) is 11.8 Å². The Labute approximate surface area is 103 Å². The highest BCUT2D eigenvalue weighted by Gasteiger charge is 2.24. The molecule has 1 heterocycles. The summed E-state index contributed by atoms with van der Waals surface area (Å²) in [4.78, 5) is 14.0. The van der Waals surface area contributed by atoms with Crippen molar-refractivity contribution in [2.24, 2.45) is 18.2 Å². The molecule has 2 N–H and O–H groups in total. The van der Waals surface area contributed by atoms with E-state index in [2.05, 4.69) is 18.9 Å². The minimum Gasteiger partial charge on any atom is -0.338 e. The Morgan fingerprint density at radius 2 is 2.24 bits per heavy atom. The molecule has 1 aromatic heterocycles. The summed E-state index contributed by atoms with van der Waals surface area (Å²) >= 11 is 0. The van der Waals surface area contributed by atoms with Crippen molar-refractivity contribution in [1.29, 1.82) is 0 Å². The van der Waals surface area contributed by atoms with Crippen LogP contribution in [0.25, 0.3) is 0 Å². The fourth-order valence-electron chi connectivity index (χ4n) is 1.62. The van der Waals surface area contributed by atoms with Crippen LogP contribution in [0.4, 0.5) is 0 Å². The Bertz CT molecular complexity index is 384. The summed E-state index contributed by atoms with van der Waals surface area (Å²) in [5.74, 6) is 0.0159. The zero-order chi connectivity index (χ0) is 13.1. The standard InChI is InChI=1S/C12H22N4O/c1-5-16(9-12(2,3)8-13)11(17)10-6-14-15(4)7-10/h6-7H,5,8-9,13H2,1-4H3. The van der Waals surface area contributed by atoms with E-state index in [1.165, 1.54) is 0 Å². The lowest BCUT2D eigenvalue weighted by atomic mass is 9.93. The van der Waals surface area contributed by atoms with E-state index >= 15 is 0 Å². The van der Waals surface area contributed by atoms with Crippen molar-refractivity contribution in [2.75, 3.05) is 19.6 Å². The second-order valence-corrected chi connectivity index (χ2v) is 5.09. The lowest BCUT2D eigenvalue weighted by Crippen LogP contribution is -2.41. The van der Waals surface area contributed by atoms with E-state index in [1.807, 2.05) is 11.8 Å². The van der Waals surface area contributed by atoms with Crippen LogP contribution in [0.15, 0.2) is 12.4 Å². The molecular formula is C12H22N4O. The van der Waals surface area contributed by atoms with Crippen LogP contribution in [0.5, 0.6) is 0 Å². The van der Waals surface area contributed by atoms with Crippen molar-refractivity contribution in [3.8, 4) is 0 Å². The third-order valence-electron chi connectivity index (χ3n) is 2.79. The highest BCUT2D eigenvalue weighted by atomic mass is 16.2.